The molecule has 1 aromatic rings. The first-order valence-corrected chi connectivity index (χ1v) is 7.83. The van der Waals surface area contributed by atoms with Crippen molar-refractivity contribution in [3.8, 4) is 0 Å². The lowest BCUT2D eigenvalue weighted by Crippen LogP contribution is -2.07. The maximum atomic E-state index is 6.18. The molecule has 1 aliphatic carbocycles. The van der Waals surface area contributed by atoms with Gasteiger partial charge in [0.2, 0.25) is 0 Å². The molecule has 0 aliphatic heterocycles. The van der Waals surface area contributed by atoms with E-state index in [1.165, 1.54) is 12.8 Å². The van der Waals surface area contributed by atoms with E-state index in [1.54, 1.807) is 6.34 Å². The molecule has 0 unspecified atom stereocenters. The van der Waals surface area contributed by atoms with Gasteiger partial charge in [-0.2, -0.15) is 0 Å². The van der Waals surface area contributed by atoms with Gasteiger partial charge in [-0.25, -0.2) is 9.98 Å². The first kappa shape index (κ1) is 18.9. The molecule has 1 fully saturated rings. The number of aromatic nitrogens is 1. The molecule has 0 amide bonds. The lowest BCUT2D eigenvalue weighted by atomic mass is 10.2. The van der Waals surface area contributed by atoms with E-state index in [-0.39, 0.29) is 0 Å². The average molecular weight is 298 g/mol. The second kappa shape index (κ2) is 9.76. The van der Waals surface area contributed by atoms with Crippen molar-refractivity contribution >= 4 is 23.8 Å². The number of pyridine rings is 1. The van der Waals surface area contributed by atoms with Gasteiger partial charge in [-0.1, -0.05) is 39.3 Å². The van der Waals surface area contributed by atoms with E-state index in [2.05, 4.69) is 9.98 Å². The van der Waals surface area contributed by atoms with Crippen LogP contribution in [0.4, 0.5) is 5.82 Å². The molecule has 0 aromatic carbocycles. The van der Waals surface area contributed by atoms with Crippen molar-refractivity contribution in [1.29, 1.82) is 0 Å². The van der Waals surface area contributed by atoms with Gasteiger partial charge >= 0.3 is 0 Å². The summed E-state index contributed by atoms with van der Waals surface area (Å²) in [6.07, 6.45) is 4.20. The molecule has 1 saturated carbocycles. The van der Waals surface area contributed by atoms with Gasteiger partial charge in [0.25, 0.3) is 0 Å². The third-order valence-corrected chi connectivity index (χ3v) is 3.00. The van der Waals surface area contributed by atoms with Gasteiger partial charge in [-0.05, 0) is 25.8 Å². The smallest absolute Gasteiger partial charge is 0.158 e. The minimum atomic E-state index is 0.603. The predicted molar refractivity (Wildman–Crippen MR) is 90.5 cm³/mol. The summed E-state index contributed by atoms with van der Waals surface area (Å²) in [4.78, 5) is 10.8. The van der Waals surface area contributed by atoms with Gasteiger partial charge in [0.05, 0.1) is 6.34 Å². The van der Waals surface area contributed by atoms with Gasteiger partial charge in [0, 0.05) is 36.3 Å². The molecular formula is C16H28ClN3. The Morgan fingerprint density at radius 2 is 1.80 bits per heavy atom. The Morgan fingerprint density at radius 3 is 2.25 bits per heavy atom. The van der Waals surface area contributed by atoms with Gasteiger partial charge in [-0.15, -0.1) is 0 Å². The Kier molecular flexibility index (Phi) is 9.23. The van der Waals surface area contributed by atoms with Crippen molar-refractivity contribution in [1.82, 2.24) is 9.88 Å². The highest BCUT2D eigenvalue weighted by Gasteiger charge is 2.26. The molecule has 0 N–H and O–H groups in total. The van der Waals surface area contributed by atoms with Crippen LogP contribution in [0.25, 0.3) is 0 Å². The van der Waals surface area contributed by atoms with Gasteiger partial charge in [-0.3, -0.25) is 0 Å². The molecule has 0 bridgehead atoms. The van der Waals surface area contributed by atoms with E-state index in [0.717, 1.165) is 22.1 Å². The van der Waals surface area contributed by atoms with Crippen LogP contribution in [0.3, 0.4) is 0 Å². The number of halogens is 1. The summed E-state index contributed by atoms with van der Waals surface area (Å²) in [6.45, 7) is 9.95. The van der Waals surface area contributed by atoms with Crippen LogP contribution in [0.15, 0.2) is 11.1 Å². The number of nitrogens with zero attached hydrogens (tertiary/aromatic N) is 3. The molecule has 20 heavy (non-hydrogen) atoms. The summed E-state index contributed by atoms with van der Waals surface area (Å²) in [5.74, 6) is 1.34. The average Bonchev–Trinajstić information content (AvgIpc) is 3.29. The van der Waals surface area contributed by atoms with E-state index in [1.807, 2.05) is 59.7 Å². The minimum absolute atomic E-state index is 0.603. The zero-order valence-corrected chi connectivity index (χ0v) is 14.6. The van der Waals surface area contributed by atoms with E-state index >= 15 is 0 Å². The van der Waals surface area contributed by atoms with Crippen LogP contribution in [-0.2, 0) is 0 Å². The van der Waals surface area contributed by atoms with Crippen molar-refractivity contribution in [2.45, 2.75) is 53.4 Å². The first-order chi connectivity index (χ1) is 9.58. The SMILES string of the molecule is CC.CC.Cc1c(Cl)cc(C2CC2)nc1/N=C/N(C)C. The van der Waals surface area contributed by atoms with E-state index in [4.69, 9.17) is 11.6 Å². The zero-order chi connectivity index (χ0) is 15.7. The second-order valence-electron chi connectivity index (χ2n) is 4.46. The third-order valence-electron chi connectivity index (χ3n) is 2.61. The van der Waals surface area contributed by atoms with Gasteiger partial charge < -0.3 is 4.90 Å². The second-order valence-corrected chi connectivity index (χ2v) is 4.87. The standard InChI is InChI=1S/C12H16ClN3.2C2H6/c1-8-10(13)6-11(9-4-5-9)15-12(8)14-7-16(2)3;2*1-2/h6-7,9H,4-5H2,1-3H3;2*1-2H3/b14-7+;;. The summed E-state index contributed by atoms with van der Waals surface area (Å²) in [6, 6.07) is 1.98. The number of hydrogen-bond donors (Lipinski definition) is 0. The monoisotopic (exact) mass is 297 g/mol. The van der Waals surface area contributed by atoms with Crippen LogP contribution in [-0.4, -0.2) is 30.3 Å². The lowest BCUT2D eigenvalue weighted by molar-refractivity contribution is 0.643. The van der Waals surface area contributed by atoms with E-state index < -0.39 is 0 Å². The fourth-order valence-electron chi connectivity index (χ4n) is 1.47. The highest BCUT2D eigenvalue weighted by atomic mass is 35.5. The van der Waals surface area contributed by atoms with Crippen molar-refractivity contribution in [3.63, 3.8) is 0 Å². The molecule has 0 radical (unpaired) electrons. The lowest BCUT2D eigenvalue weighted by Gasteiger charge is -2.07. The molecule has 114 valence electrons. The Hall–Kier alpha value is -1.09. The summed E-state index contributed by atoms with van der Waals surface area (Å²) in [5.41, 5.74) is 2.03. The number of hydrogen-bond acceptors (Lipinski definition) is 2. The Bertz CT molecular complexity index is 424. The fraction of sp³-hybridized carbons (Fsp3) is 0.625. The molecule has 1 aliphatic rings. The Balaban J connectivity index is 0.000000829. The predicted octanol–water partition coefficient (Wildman–Crippen LogP) is 5.19. The van der Waals surface area contributed by atoms with Crippen LogP contribution in [0.1, 0.15) is 57.7 Å². The quantitative estimate of drug-likeness (QED) is 0.567. The summed E-state index contributed by atoms with van der Waals surface area (Å²) < 4.78 is 0. The molecule has 0 atom stereocenters. The Morgan fingerprint density at radius 1 is 1.25 bits per heavy atom. The summed E-state index contributed by atoms with van der Waals surface area (Å²) >= 11 is 6.18. The number of rotatable bonds is 3. The molecule has 2 rings (SSSR count). The largest absolute Gasteiger partial charge is 0.369 e. The summed E-state index contributed by atoms with van der Waals surface area (Å²) in [7, 11) is 3.87. The van der Waals surface area contributed by atoms with Crippen molar-refractivity contribution < 1.29 is 0 Å². The maximum Gasteiger partial charge on any atom is 0.158 e. The highest BCUT2D eigenvalue weighted by Crippen LogP contribution is 2.41. The molecule has 1 aromatic heterocycles. The normalized spacial score (nSPS) is 13.2. The molecule has 0 saturated heterocycles. The number of aliphatic imine (C=N–C) groups is 1. The van der Waals surface area contributed by atoms with Crippen LogP contribution in [0, 0.1) is 6.92 Å². The molecule has 0 spiro atoms. The zero-order valence-electron chi connectivity index (χ0n) is 13.9. The van der Waals surface area contributed by atoms with Crippen molar-refractivity contribution in [2.75, 3.05) is 14.1 Å². The van der Waals surface area contributed by atoms with Gasteiger partial charge in [0.15, 0.2) is 5.82 Å². The first-order valence-electron chi connectivity index (χ1n) is 7.45. The fourth-order valence-corrected chi connectivity index (χ4v) is 1.66. The minimum Gasteiger partial charge on any atom is -0.369 e. The third kappa shape index (κ3) is 5.91. The Labute approximate surface area is 129 Å². The van der Waals surface area contributed by atoms with E-state index in [0.29, 0.717) is 5.92 Å². The van der Waals surface area contributed by atoms with Crippen LogP contribution >= 0.6 is 11.6 Å². The van der Waals surface area contributed by atoms with Crippen LogP contribution in [0.5, 0.6) is 0 Å². The van der Waals surface area contributed by atoms with Crippen molar-refractivity contribution in [3.05, 3.63) is 22.3 Å². The van der Waals surface area contributed by atoms with Crippen molar-refractivity contribution in [2.24, 2.45) is 4.99 Å². The highest BCUT2D eigenvalue weighted by molar-refractivity contribution is 6.31. The van der Waals surface area contributed by atoms with Crippen LogP contribution < -0.4 is 0 Å². The topological polar surface area (TPSA) is 28.5 Å². The maximum absolute atomic E-state index is 6.18. The summed E-state index contributed by atoms with van der Waals surface area (Å²) in [5, 5.41) is 0.766. The van der Waals surface area contributed by atoms with Gasteiger partial charge in [0.1, 0.15) is 0 Å². The van der Waals surface area contributed by atoms with Crippen LogP contribution in [0.2, 0.25) is 5.02 Å². The molecular weight excluding hydrogens is 270 g/mol. The molecule has 3 nitrogen and oxygen atoms in total. The van der Waals surface area contributed by atoms with E-state index in [9.17, 15) is 0 Å². The molecule has 4 heteroatoms. The molecule has 1 heterocycles.